The van der Waals surface area contributed by atoms with Crippen LogP contribution in [0.15, 0.2) is 24.4 Å². The van der Waals surface area contributed by atoms with E-state index in [0.717, 1.165) is 29.3 Å². The Balaban J connectivity index is 1.84. The summed E-state index contributed by atoms with van der Waals surface area (Å²) in [5.74, 6) is 0.264. The smallest absolute Gasteiger partial charge is 0.162 e. The van der Waals surface area contributed by atoms with Gasteiger partial charge in [0.05, 0.1) is 0 Å². The van der Waals surface area contributed by atoms with Gasteiger partial charge in [-0.1, -0.05) is 45.4 Å². The summed E-state index contributed by atoms with van der Waals surface area (Å²) in [6, 6.07) is 5.97. The molecule has 1 aromatic carbocycles. The van der Waals surface area contributed by atoms with Crippen LogP contribution in [0.4, 0.5) is 0 Å². The lowest BCUT2D eigenvalue weighted by Crippen LogP contribution is -2.02. The van der Waals surface area contributed by atoms with Gasteiger partial charge in [0, 0.05) is 29.1 Å². The Morgan fingerprint density at radius 2 is 1.83 bits per heavy atom. The number of hydrogen-bond donors (Lipinski definition) is 2. The number of ketones is 1. The summed E-state index contributed by atoms with van der Waals surface area (Å²) >= 11 is 0. The number of Topliss-reactive ketones (excluding diaryl/α,β-unsaturated/α-hetero) is 1. The zero-order chi connectivity index (χ0) is 16.5. The second-order valence-corrected chi connectivity index (χ2v) is 6.41. The lowest BCUT2D eigenvalue weighted by atomic mass is 10.0. The summed E-state index contributed by atoms with van der Waals surface area (Å²) in [4.78, 5) is 15.6. The molecule has 0 saturated carbocycles. The van der Waals surface area contributed by atoms with Crippen LogP contribution >= 0.6 is 0 Å². The lowest BCUT2D eigenvalue weighted by Gasteiger charge is -2.04. The van der Waals surface area contributed by atoms with E-state index in [9.17, 15) is 4.79 Å². The average Bonchev–Trinajstić information content (AvgIpc) is 2.96. The highest BCUT2D eigenvalue weighted by molar-refractivity contribution is 6.00. The van der Waals surface area contributed by atoms with Crippen LogP contribution in [0.3, 0.4) is 0 Å². The van der Waals surface area contributed by atoms with Gasteiger partial charge in [0.25, 0.3) is 0 Å². The zero-order valence-electron chi connectivity index (χ0n) is 14.4. The van der Waals surface area contributed by atoms with Crippen LogP contribution < -0.4 is 5.73 Å². The minimum Gasteiger partial charge on any atom is -0.361 e. The van der Waals surface area contributed by atoms with Gasteiger partial charge in [0.15, 0.2) is 5.78 Å². The van der Waals surface area contributed by atoms with Gasteiger partial charge < -0.3 is 10.7 Å². The molecule has 23 heavy (non-hydrogen) atoms. The molecule has 2 aromatic rings. The Kier molecular flexibility index (Phi) is 7.34. The molecule has 0 spiro atoms. The molecule has 0 radical (unpaired) electrons. The highest BCUT2D eigenvalue weighted by Crippen LogP contribution is 2.21. The van der Waals surface area contributed by atoms with Crippen molar-refractivity contribution < 1.29 is 4.79 Å². The summed E-state index contributed by atoms with van der Waals surface area (Å²) in [7, 11) is 0. The van der Waals surface area contributed by atoms with E-state index in [2.05, 4.69) is 11.9 Å². The molecule has 2 rings (SSSR count). The van der Waals surface area contributed by atoms with Crippen LogP contribution in [0.5, 0.6) is 0 Å². The van der Waals surface area contributed by atoms with Gasteiger partial charge in [0.2, 0.25) is 0 Å². The first-order valence-electron chi connectivity index (χ1n) is 9.09. The summed E-state index contributed by atoms with van der Waals surface area (Å²) < 4.78 is 0. The predicted octanol–water partition coefficient (Wildman–Crippen LogP) is 4.99. The van der Waals surface area contributed by atoms with E-state index >= 15 is 0 Å². The number of aromatic amines is 1. The number of rotatable bonds is 11. The largest absolute Gasteiger partial charge is 0.361 e. The van der Waals surface area contributed by atoms with Crippen LogP contribution in [0, 0.1) is 0 Å². The van der Waals surface area contributed by atoms with Crippen molar-refractivity contribution in [1.29, 1.82) is 0 Å². The second-order valence-electron chi connectivity index (χ2n) is 6.41. The normalized spacial score (nSPS) is 11.2. The third-order valence-electron chi connectivity index (χ3n) is 4.51. The molecular formula is C20H30N2O. The highest BCUT2D eigenvalue weighted by Gasteiger charge is 2.09. The van der Waals surface area contributed by atoms with Crippen LogP contribution in [0.25, 0.3) is 10.9 Å². The van der Waals surface area contributed by atoms with Crippen molar-refractivity contribution in [3.63, 3.8) is 0 Å². The first-order chi connectivity index (χ1) is 11.3. The van der Waals surface area contributed by atoms with Gasteiger partial charge in [-0.05, 0) is 43.1 Å². The molecule has 0 amide bonds. The van der Waals surface area contributed by atoms with Gasteiger partial charge in [0.1, 0.15) is 0 Å². The molecule has 0 fully saturated rings. The van der Waals surface area contributed by atoms with E-state index in [-0.39, 0.29) is 5.78 Å². The molecule has 3 heteroatoms. The quantitative estimate of drug-likeness (QED) is 0.453. The fourth-order valence-corrected chi connectivity index (χ4v) is 3.10. The number of aromatic nitrogens is 1. The topological polar surface area (TPSA) is 58.9 Å². The van der Waals surface area contributed by atoms with E-state index in [4.69, 9.17) is 5.73 Å². The monoisotopic (exact) mass is 314 g/mol. The molecule has 3 N–H and O–H groups in total. The molecule has 1 aromatic heterocycles. The van der Waals surface area contributed by atoms with Crippen molar-refractivity contribution in [2.75, 3.05) is 6.54 Å². The molecule has 0 atom stereocenters. The summed E-state index contributed by atoms with van der Waals surface area (Å²) in [6.07, 6.45) is 12.2. The van der Waals surface area contributed by atoms with Crippen molar-refractivity contribution in [2.45, 2.75) is 64.7 Å². The van der Waals surface area contributed by atoms with E-state index in [0.29, 0.717) is 13.0 Å². The van der Waals surface area contributed by atoms with Crippen LogP contribution in [0.2, 0.25) is 0 Å². The molecular weight excluding hydrogens is 284 g/mol. The fraction of sp³-hybridized carbons (Fsp3) is 0.550. The maximum Gasteiger partial charge on any atom is 0.162 e. The minimum atomic E-state index is 0.264. The minimum absolute atomic E-state index is 0.264. The number of carbonyl (C=O) groups excluding carboxylic acids is 1. The molecule has 1 heterocycles. The first-order valence-corrected chi connectivity index (χ1v) is 9.09. The van der Waals surface area contributed by atoms with Crippen molar-refractivity contribution in [1.82, 2.24) is 4.98 Å². The first kappa shape index (κ1) is 17.7. The maximum atomic E-state index is 12.4. The summed E-state index contributed by atoms with van der Waals surface area (Å²) in [5, 5.41) is 1.14. The van der Waals surface area contributed by atoms with Gasteiger partial charge in [-0.3, -0.25) is 4.79 Å². The number of benzene rings is 1. The number of unbranched alkanes of at least 4 members (excludes halogenated alkanes) is 6. The Labute approximate surface area is 139 Å². The van der Waals surface area contributed by atoms with Crippen molar-refractivity contribution >= 4 is 16.7 Å². The van der Waals surface area contributed by atoms with E-state index < -0.39 is 0 Å². The number of fused-ring (bicyclic) bond motifs is 1. The summed E-state index contributed by atoms with van der Waals surface area (Å²) in [6.45, 7) is 2.86. The lowest BCUT2D eigenvalue weighted by molar-refractivity contribution is 0.0979. The number of H-pyrrole nitrogens is 1. The Bertz CT molecular complexity index is 615. The van der Waals surface area contributed by atoms with Crippen molar-refractivity contribution in [2.24, 2.45) is 5.73 Å². The van der Waals surface area contributed by atoms with Gasteiger partial charge >= 0.3 is 0 Å². The third kappa shape index (κ3) is 5.21. The SMILES string of the molecule is CCCCCCCCCC(=O)c1ccc2[nH]cc(CCN)c2c1. The molecule has 126 valence electrons. The molecule has 0 unspecified atom stereocenters. The average molecular weight is 314 g/mol. The maximum absolute atomic E-state index is 12.4. The fourth-order valence-electron chi connectivity index (χ4n) is 3.10. The summed E-state index contributed by atoms with van der Waals surface area (Å²) in [5.41, 5.74) is 8.77. The molecule has 0 bridgehead atoms. The highest BCUT2D eigenvalue weighted by atomic mass is 16.1. The zero-order valence-corrected chi connectivity index (χ0v) is 14.4. The number of carbonyl (C=O) groups is 1. The van der Waals surface area contributed by atoms with Crippen molar-refractivity contribution in [3.05, 3.63) is 35.5 Å². The third-order valence-corrected chi connectivity index (χ3v) is 4.51. The number of nitrogens with two attached hydrogens (primary N) is 1. The molecule has 0 saturated heterocycles. The van der Waals surface area contributed by atoms with Crippen LogP contribution in [-0.4, -0.2) is 17.3 Å². The second kappa shape index (κ2) is 9.51. The Hall–Kier alpha value is -1.61. The van der Waals surface area contributed by atoms with Crippen LogP contribution in [0.1, 0.15) is 74.2 Å². The Morgan fingerprint density at radius 3 is 2.57 bits per heavy atom. The van der Waals surface area contributed by atoms with E-state index in [1.54, 1.807) is 0 Å². The van der Waals surface area contributed by atoms with Crippen LogP contribution in [-0.2, 0) is 6.42 Å². The van der Waals surface area contributed by atoms with Gasteiger partial charge in [-0.15, -0.1) is 0 Å². The Morgan fingerprint density at radius 1 is 1.09 bits per heavy atom. The van der Waals surface area contributed by atoms with E-state index in [1.165, 1.54) is 44.1 Å². The molecule has 0 aliphatic rings. The number of hydrogen-bond acceptors (Lipinski definition) is 2. The van der Waals surface area contributed by atoms with Crippen molar-refractivity contribution in [3.8, 4) is 0 Å². The predicted molar refractivity (Wildman–Crippen MR) is 98.0 cm³/mol. The molecule has 3 nitrogen and oxygen atoms in total. The van der Waals surface area contributed by atoms with Gasteiger partial charge in [-0.25, -0.2) is 0 Å². The van der Waals surface area contributed by atoms with Gasteiger partial charge in [-0.2, -0.15) is 0 Å². The van der Waals surface area contributed by atoms with E-state index in [1.807, 2.05) is 24.4 Å². The standard InChI is InChI=1S/C20H30N2O/c1-2-3-4-5-6-7-8-9-20(23)16-10-11-19-18(14-16)17(12-13-21)15-22-19/h10-11,14-15,22H,2-9,12-13,21H2,1H3. The molecule has 0 aliphatic heterocycles. The molecule has 0 aliphatic carbocycles. The number of nitrogens with one attached hydrogen (secondary N) is 1.